The number of aliphatic hydroxyl groups excluding tert-OH is 1. The minimum Gasteiger partial charge on any atom is -0.507 e. The molecule has 3 heterocycles. The number of para-hydroxylation sites is 1. The molecule has 2 saturated heterocycles. The second kappa shape index (κ2) is 9.38. The molecule has 0 bridgehead atoms. The van der Waals surface area contributed by atoms with E-state index in [1.807, 2.05) is 25.1 Å². The fourth-order valence-corrected chi connectivity index (χ4v) is 4.74. The maximum absolute atomic E-state index is 13.3. The molecule has 0 saturated carbocycles. The zero-order chi connectivity index (χ0) is 23.7. The smallest absolute Gasteiger partial charge is 0.295 e. The van der Waals surface area contributed by atoms with E-state index in [1.54, 1.807) is 24.3 Å². The fraction of sp³-hybridized carbons (Fsp3) is 0.385. The van der Waals surface area contributed by atoms with Crippen LogP contribution in [0.3, 0.4) is 0 Å². The second-order valence-corrected chi connectivity index (χ2v) is 8.42. The van der Waals surface area contributed by atoms with Crippen LogP contribution in [-0.2, 0) is 14.3 Å². The highest BCUT2D eigenvalue weighted by atomic mass is 16.6. The summed E-state index contributed by atoms with van der Waals surface area (Å²) in [7, 11) is 0. The molecule has 0 radical (unpaired) electrons. The molecule has 2 atom stereocenters. The number of nitrogens with zero attached hydrogens (tertiary/aromatic N) is 1. The van der Waals surface area contributed by atoms with Crippen molar-refractivity contribution in [3.8, 4) is 17.2 Å². The van der Waals surface area contributed by atoms with Crippen molar-refractivity contribution in [1.82, 2.24) is 4.90 Å². The zero-order valence-corrected chi connectivity index (χ0v) is 19.0. The van der Waals surface area contributed by atoms with Crippen LogP contribution in [0.2, 0.25) is 0 Å². The SMILES string of the molecule is CCOc1ccccc1C1C(=C(O)c2ccc3c(c2)OCCO3)C(=O)C(=O)N1CC1CCCO1. The number of Topliss-reactive ketones (excluding diaryl/α,β-unsaturated/α-hetero) is 1. The molecule has 0 spiro atoms. The van der Waals surface area contributed by atoms with Crippen molar-refractivity contribution in [3.63, 3.8) is 0 Å². The summed E-state index contributed by atoms with van der Waals surface area (Å²) in [5, 5.41) is 11.4. The van der Waals surface area contributed by atoms with Gasteiger partial charge in [0, 0.05) is 24.3 Å². The lowest BCUT2D eigenvalue weighted by molar-refractivity contribution is -0.140. The Morgan fingerprint density at radius 3 is 2.65 bits per heavy atom. The highest BCUT2D eigenvalue weighted by molar-refractivity contribution is 6.46. The van der Waals surface area contributed by atoms with Crippen LogP contribution in [0.15, 0.2) is 48.0 Å². The number of carbonyl (C=O) groups is 2. The Bertz CT molecular complexity index is 1140. The number of ketones is 1. The monoisotopic (exact) mass is 465 g/mol. The largest absolute Gasteiger partial charge is 0.507 e. The lowest BCUT2D eigenvalue weighted by Gasteiger charge is -2.28. The third-order valence-electron chi connectivity index (χ3n) is 6.29. The van der Waals surface area contributed by atoms with Gasteiger partial charge in [0.15, 0.2) is 11.5 Å². The van der Waals surface area contributed by atoms with Gasteiger partial charge >= 0.3 is 0 Å². The molecule has 2 unspecified atom stereocenters. The van der Waals surface area contributed by atoms with Crippen LogP contribution >= 0.6 is 0 Å². The van der Waals surface area contributed by atoms with E-state index < -0.39 is 17.7 Å². The lowest BCUT2D eigenvalue weighted by Crippen LogP contribution is -2.36. The maximum Gasteiger partial charge on any atom is 0.295 e. The van der Waals surface area contributed by atoms with E-state index in [1.165, 1.54) is 4.90 Å². The molecule has 2 aromatic carbocycles. The summed E-state index contributed by atoms with van der Waals surface area (Å²) < 4.78 is 22.8. The fourth-order valence-electron chi connectivity index (χ4n) is 4.74. The van der Waals surface area contributed by atoms with Crippen molar-refractivity contribution in [2.45, 2.75) is 31.9 Å². The highest BCUT2D eigenvalue weighted by Crippen LogP contribution is 2.44. The standard InChI is InChI=1S/C26H27NO7/c1-2-31-19-8-4-3-7-18(19)23-22(25(29)26(30)27(23)15-17-6-5-11-32-17)24(28)16-9-10-20-21(14-16)34-13-12-33-20/h3-4,7-10,14,17,23,28H,2,5-6,11-13,15H2,1H3. The van der Waals surface area contributed by atoms with Gasteiger partial charge in [0.05, 0.1) is 24.3 Å². The van der Waals surface area contributed by atoms with Crippen molar-refractivity contribution in [2.24, 2.45) is 0 Å². The number of hydrogen-bond donors (Lipinski definition) is 1. The molecule has 3 aliphatic rings. The Labute approximate surface area is 197 Å². The molecule has 1 N–H and O–H groups in total. The summed E-state index contributed by atoms with van der Waals surface area (Å²) in [5.74, 6) is -0.0496. The van der Waals surface area contributed by atoms with Gasteiger partial charge in [-0.15, -0.1) is 0 Å². The highest BCUT2D eigenvalue weighted by Gasteiger charge is 2.48. The van der Waals surface area contributed by atoms with Crippen LogP contribution in [-0.4, -0.2) is 60.8 Å². The molecule has 1 amide bonds. The maximum atomic E-state index is 13.3. The molecule has 2 aromatic rings. The number of benzene rings is 2. The molecule has 178 valence electrons. The molecule has 0 aromatic heterocycles. The van der Waals surface area contributed by atoms with Crippen molar-refractivity contribution in [2.75, 3.05) is 33.0 Å². The molecule has 0 aliphatic carbocycles. The number of aliphatic hydroxyl groups is 1. The Hall–Kier alpha value is -3.52. The average Bonchev–Trinajstić information content (AvgIpc) is 3.46. The van der Waals surface area contributed by atoms with Crippen molar-refractivity contribution < 1.29 is 33.6 Å². The second-order valence-electron chi connectivity index (χ2n) is 8.42. The lowest BCUT2D eigenvalue weighted by atomic mass is 9.94. The van der Waals surface area contributed by atoms with Gasteiger partial charge in [-0.3, -0.25) is 9.59 Å². The normalized spacial score (nSPS) is 23.4. The zero-order valence-electron chi connectivity index (χ0n) is 19.0. The molecule has 34 heavy (non-hydrogen) atoms. The number of ether oxygens (including phenoxy) is 4. The molecule has 8 nitrogen and oxygen atoms in total. The minimum atomic E-state index is -0.805. The van der Waals surface area contributed by atoms with E-state index in [4.69, 9.17) is 18.9 Å². The summed E-state index contributed by atoms with van der Waals surface area (Å²) in [6, 6.07) is 11.5. The van der Waals surface area contributed by atoms with Crippen LogP contribution in [0.1, 0.15) is 36.9 Å². The Morgan fingerprint density at radius 2 is 1.88 bits per heavy atom. The predicted octanol–water partition coefficient (Wildman–Crippen LogP) is 3.46. The number of likely N-dealkylation sites (tertiary alicyclic amines) is 1. The minimum absolute atomic E-state index is 0.0202. The van der Waals surface area contributed by atoms with Crippen LogP contribution < -0.4 is 14.2 Å². The summed E-state index contributed by atoms with van der Waals surface area (Å²) in [6.07, 6.45) is 1.56. The first kappa shape index (κ1) is 22.3. The third-order valence-corrected chi connectivity index (χ3v) is 6.29. The van der Waals surface area contributed by atoms with Gasteiger partial charge in [-0.25, -0.2) is 0 Å². The van der Waals surface area contributed by atoms with Gasteiger partial charge in [-0.1, -0.05) is 18.2 Å². The topological polar surface area (TPSA) is 94.5 Å². The quantitative estimate of drug-likeness (QED) is 0.397. The Morgan fingerprint density at radius 1 is 1.09 bits per heavy atom. The molecule has 2 fully saturated rings. The molecule has 5 rings (SSSR count). The van der Waals surface area contributed by atoms with Gasteiger partial charge in [-0.2, -0.15) is 0 Å². The summed E-state index contributed by atoms with van der Waals surface area (Å²) >= 11 is 0. The van der Waals surface area contributed by atoms with Crippen LogP contribution in [0, 0.1) is 0 Å². The first-order chi connectivity index (χ1) is 16.6. The first-order valence-corrected chi connectivity index (χ1v) is 11.6. The molecule has 3 aliphatic heterocycles. The molecular weight excluding hydrogens is 438 g/mol. The van der Waals surface area contributed by atoms with Crippen molar-refractivity contribution in [3.05, 3.63) is 59.2 Å². The number of rotatable bonds is 6. The van der Waals surface area contributed by atoms with E-state index in [0.717, 1.165) is 12.8 Å². The summed E-state index contributed by atoms with van der Waals surface area (Å²) in [5.41, 5.74) is 1.03. The number of hydrogen-bond acceptors (Lipinski definition) is 7. The van der Waals surface area contributed by atoms with E-state index in [2.05, 4.69) is 0 Å². The van der Waals surface area contributed by atoms with Gasteiger partial charge in [0.25, 0.3) is 11.7 Å². The van der Waals surface area contributed by atoms with Crippen LogP contribution in [0.25, 0.3) is 5.76 Å². The first-order valence-electron chi connectivity index (χ1n) is 11.6. The Balaban J connectivity index is 1.63. The van der Waals surface area contributed by atoms with Crippen LogP contribution in [0.5, 0.6) is 17.2 Å². The number of fused-ring (bicyclic) bond motifs is 1. The average molecular weight is 466 g/mol. The summed E-state index contributed by atoms with van der Waals surface area (Å²) in [6.45, 7) is 4.02. The van der Waals surface area contributed by atoms with E-state index >= 15 is 0 Å². The van der Waals surface area contributed by atoms with E-state index in [9.17, 15) is 14.7 Å². The number of amides is 1. The third kappa shape index (κ3) is 3.98. The number of carbonyl (C=O) groups excluding carboxylic acids is 2. The van der Waals surface area contributed by atoms with Gasteiger partial charge in [0.1, 0.15) is 24.7 Å². The van der Waals surface area contributed by atoms with Gasteiger partial charge in [0.2, 0.25) is 0 Å². The van der Waals surface area contributed by atoms with Crippen molar-refractivity contribution in [1.29, 1.82) is 0 Å². The molecule has 8 heteroatoms. The predicted molar refractivity (Wildman–Crippen MR) is 123 cm³/mol. The van der Waals surface area contributed by atoms with Crippen LogP contribution in [0.4, 0.5) is 0 Å². The van der Waals surface area contributed by atoms with E-state index in [0.29, 0.717) is 54.8 Å². The van der Waals surface area contributed by atoms with Gasteiger partial charge in [-0.05, 0) is 44.0 Å². The van der Waals surface area contributed by atoms with E-state index in [-0.39, 0.29) is 24.0 Å². The Kier molecular flexibility index (Phi) is 6.15. The molecular formula is C26H27NO7. The van der Waals surface area contributed by atoms with Crippen molar-refractivity contribution >= 4 is 17.4 Å². The van der Waals surface area contributed by atoms with Gasteiger partial charge < -0.3 is 29.0 Å². The summed E-state index contributed by atoms with van der Waals surface area (Å²) in [4.78, 5) is 28.0.